The maximum Gasteiger partial charge on any atom is 0.293 e. The van der Waals surface area contributed by atoms with Crippen LogP contribution < -0.4 is 5.32 Å². The van der Waals surface area contributed by atoms with Gasteiger partial charge < -0.3 is 9.88 Å². The van der Waals surface area contributed by atoms with Crippen molar-refractivity contribution in [3.8, 4) is 0 Å². The molecule has 0 unspecified atom stereocenters. The van der Waals surface area contributed by atoms with Crippen molar-refractivity contribution in [1.82, 2.24) is 19.8 Å². The molecule has 0 bridgehead atoms. The van der Waals surface area contributed by atoms with Crippen LogP contribution in [-0.2, 0) is 16.1 Å². The first-order chi connectivity index (χ1) is 13.5. The minimum Gasteiger partial charge on any atom is -0.356 e. The maximum atomic E-state index is 13.3. The van der Waals surface area contributed by atoms with Gasteiger partial charge in [0.15, 0.2) is 0 Å². The summed E-state index contributed by atoms with van der Waals surface area (Å²) in [6, 6.07) is 5.76. The van der Waals surface area contributed by atoms with Gasteiger partial charge in [-0.05, 0) is 42.0 Å². The van der Waals surface area contributed by atoms with Crippen LogP contribution in [0.3, 0.4) is 0 Å². The predicted molar refractivity (Wildman–Crippen MR) is 104 cm³/mol. The Bertz CT molecular complexity index is 898. The Morgan fingerprint density at radius 3 is 2.89 bits per heavy atom. The highest BCUT2D eigenvalue weighted by atomic mass is 32.2. The van der Waals surface area contributed by atoms with Gasteiger partial charge in [0, 0.05) is 38.4 Å². The molecule has 1 fully saturated rings. The van der Waals surface area contributed by atoms with Gasteiger partial charge in [-0.2, -0.15) is 0 Å². The van der Waals surface area contributed by atoms with E-state index in [1.807, 2.05) is 10.8 Å². The van der Waals surface area contributed by atoms with Crippen LogP contribution in [0.2, 0.25) is 0 Å². The monoisotopic (exact) mass is 402 g/mol. The number of nitrogens with one attached hydrogen (secondary N) is 1. The summed E-state index contributed by atoms with van der Waals surface area (Å²) >= 11 is 0.790. The summed E-state index contributed by atoms with van der Waals surface area (Å²) in [4.78, 5) is 41.6. The van der Waals surface area contributed by atoms with Crippen molar-refractivity contribution in [3.05, 3.63) is 59.3 Å². The summed E-state index contributed by atoms with van der Waals surface area (Å²) in [6.45, 7) is 1.26. The molecule has 7 nitrogen and oxygen atoms in total. The fraction of sp³-hybridized carbons (Fsp3) is 0.263. The van der Waals surface area contributed by atoms with E-state index in [1.165, 1.54) is 24.3 Å². The van der Waals surface area contributed by atoms with E-state index in [4.69, 9.17) is 0 Å². The molecule has 1 aliphatic rings. The van der Waals surface area contributed by atoms with Gasteiger partial charge in [0.25, 0.3) is 11.1 Å². The van der Waals surface area contributed by atoms with E-state index < -0.39 is 17.0 Å². The van der Waals surface area contributed by atoms with Crippen molar-refractivity contribution < 1.29 is 18.8 Å². The lowest BCUT2D eigenvalue weighted by atomic mass is 10.2. The van der Waals surface area contributed by atoms with Gasteiger partial charge in [-0.15, -0.1) is 0 Å². The van der Waals surface area contributed by atoms with Gasteiger partial charge in [-0.3, -0.25) is 19.3 Å². The Morgan fingerprint density at radius 2 is 2.14 bits per heavy atom. The number of imidazole rings is 1. The molecule has 0 saturated carbocycles. The molecule has 3 amide bonds. The summed E-state index contributed by atoms with van der Waals surface area (Å²) in [7, 11) is 0. The second kappa shape index (κ2) is 9.32. The molecule has 0 aliphatic carbocycles. The Hall–Kier alpha value is -2.94. The fourth-order valence-electron chi connectivity index (χ4n) is 2.65. The molecule has 146 valence electrons. The average Bonchev–Trinajstić information content (AvgIpc) is 3.26. The minimum atomic E-state index is -0.466. The Kier molecular flexibility index (Phi) is 6.59. The van der Waals surface area contributed by atoms with Crippen LogP contribution in [0.25, 0.3) is 6.08 Å². The predicted octanol–water partition coefficient (Wildman–Crippen LogP) is 2.66. The van der Waals surface area contributed by atoms with Crippen molar-refractivity contribution >= 4 is 34.9 Å². The number of thioether (sulfide) groups is 1. The smallest absolute Gasteiger partial charge is 0.293 e. The molecule has 1 aromatic carbocycles. The SMILES string of the molecule is O=C(CCN1C(=O)SC(=Cc2cccc(F)c2)C1=O)NCCCn1ccnc1. The highest BCUT2D eigenvalue weighted by Gasteiger charge is 2.34. The number of imide groups is 1. The average molecular weight is 402 g/mol. The summed E-state index contributed by atoms with van der Waals surface area (Å²) in [5.74, 6) is -1.11. The molecule has 0 spiro atoms. The van der Waals surface area contributed by atoms with E-state index in [1.54, 1.807) is 18.6 Å². The van der Waals surface area contributed by atoms with Gasteiger partial charge in [-0.1, -0.05) is 12.1 Å². The Labute approximate surface area is 165 Å². The number of hydrogen-bond donors (Lipinski definition) is 1. The van der Waals surface area contributed by atoms with Crippen molar-refractivity contribution in [1.29, 1.82) is 0 Å². The summed E-state index contributed by atoms with van der Waals surface area (Å²) in [5, 5.41) is 2.34. The molecule has 1 aliphatic heterocycles. The Morgan fingerprint density at radius 1 is 1.29 bits per heavy atom. The lowest BCUT2D eigenvalue weighted by molar-refractivity contribution is -0.124. The van der Waals surface area contributed by atoms with Crippen LogP contribution in [0.5, 0.6) is 0 Å². The van der Waals surface area contributed by atoms with E-state index in [9.17, 15) is 18.8 Å². The summed E-state index contributed by atoms with van der Waals surface area (Å²) in [5.41, 5.74) is 0.501. The number of hydrogen-bond acceptors (Lipinski definition) is 5. The lowest BCUT2D eigenvalue weighted by Gasteiger charge is -2.12. The first-order valence-corrected chi connectivity index (χ1v) is 9.58. The second-order valence-electron chi connectivity index (χ2n) is 6.14. The van der Waals surface area contributed by atoms with Gasteiger partial charge in [0.1, 0.15) is 5.82 Å². The molecule has 2 heterocycles. The Balaban J connectivity index is 1.45. The number of rotatable bonds is 8. The van der Waals surface area contributed by atoms with E-state index in [-0.39, 0.29) is 23.8 Å². The first-order valence-electron chi connectivity index (χ1n) is 8.76. The molecule has 1 N–H and O–H groups in total. The van der Waals surface area contributed by atoms with E-state index in [2.05, 4.69) is 10.3 Å². The van der Waals surface area contributed by atoms with Crippen molar-refractivity contribution in [2.45, 2.75) is 19.4 Å². The molecule has 0 radical (unpaired) electrons. The number of nitrogens with zero attached hydrogens (tertiary/aromatic N) is 3. The summed E-state index contributed by atoms with van der Waals surface area (Å²) in [6.07, 6.45) is 7.51. The van der Waals surface area contributed by atoms with Crippen LogP contribution in [0.4, 0.5) is 9.18 Å². The highest BCUT2D eigenvalue weighted by molar-refractivity contribution is 8.18. The van der Waals surface area contributed by atoms with Crippen LogP contribution >= 0.6 is 11.8 Å². The number of benzene rings is 1. The van der Waals surface area contributed by atoms with Crippen molar-refractivity contribution in [2.75, 3.05) is 13.1 Å². The second-order valence-corrected chi connectivity index (χ2v) is 7.14. The third-order valence-electron chi connectivity index (χ3n) is 4.06. The molecule has 1 aromatic heterocycles. The van der Waals surface area contributed by atoms with Crippen molar-refractivity contribution in [3.63, 3.8) is 0 Å². The van der Waals surface area contributed by atoms with Crippen LogP contribution in [0, 0.1) is 5.82 Å². The molecular weight excluding hydrogens is 383 g/mol. The molecule has 2 aromatic rings. The number of carbonyl (C=O) groups is 3. The summed E-state index contributed by atoms with van der Waals surface area (Å²) < 4.78 is 15.2. The molecule has 1 saturated heterocycles. The van der Waals surface area contributed by atoms with Gasteiger partial charge in [0.2, 0.25) is 5.91 Å². The molecule has 28 heavy (non-hydrogen) atoms. The van der Waals surface area contributed by atoms with E-state index >= 15 is 0 Å². The van der Waals surface area contributed by atoms with Crippen LogP contribution in [-0.4, -0.2) is 44.6 Å². The van der Waals surface area contributed by atoms with E-state index in [0.29, 0.717) is 12.1 Å². The number of amides is 3. The normalized spacial score (nSPS) is 15.5. The fourth-order valence-corrected chi connectivity index (χ4v) is 3.52. The number of halogens is 1. The van der Waals surface area contributed by atoms with Gasteiger partial charge >= 0.3 is 0 Å². The third kappa shape index (κ3) is 5.29. The van der Waals surface area contributed by atoms with Crippen molar-refractivity contribution in [2.24, 2.45) is 0 Å². The quantitative estimate of drug-likeness (QED) is 0.542. The number of aromatic nitrogens is 2. The van der Waals surface area contributed by atoms with E-state index in [0.717, 1.165) is 29.6 Å². The number of carbonyl (C=O) groups excluding carboxylic acids is 3. The zero-order valence-corrected chi connectivity index (χ0v) is 15.8. The number of aryl methyl sites for hydroxylation is 1. The largest absolute Gasteiger partial charge is 0.356 e. The molecule has 0 atom stereocenters. The first kappa shape index (κ1) is 19.8. The minimum absolute atomic E-state index is 0.0124. The van der Waals surface area contributed by atoms with Crippen LogP contribution in [0.15, 0.2) is 47.9 Å². The topological polar surface area (TPSA) is 84.3 Å². The lowest BCUT2D eigenvalue weighted by Crippen LogP contribution is -2.34. The van der Waals surface area contributed by atoms with Gasteiger partial charge in [-0.25, -0.2) is 9.37 Å². The standard InChI is InChI=1S/C19H19FN4O3S/c20-15-4-1-3-14(11-15)12-16-18(26)24(19(27)28-16)9-5-17(25)22-6-2-8-23-10-7-21-13-23/h1,3-4,7,10-13H,2,5-6,8-9H2,(H,22,25). The molecule has 3 rings (SSSR count). The zero-order valence-electron chi connectivity index (χ0n) is 15.0. The highest BCUT2D eigenvalue weighted by Crippen LogP contribution is 2.32. The third-order valence-corrected chi connectivity index (χ3v) is 4.96. The van der Waals surface area contributed by atoms with Crippen LogP contribution in [0.1, 0.15) is 18.4 Å². The van der Waals surface area contributed by atoms with Gasteiger partial charge in [0.05, 0.1) is 11.2 Å². The zero-order chi connectivity index (χ0) is 19.9. The maximum absolute atomic E-state index is 13.3. The molecule has 9 heteroatoms. The molecular formula is C19H19FN4O3S.